The molecule has 4 aromatic rings. The van der Waals surface area contributed by atoms with Crippen LogP contribution in [0, 0.1) is 6.92 Å². The molecule has 0 aliphatic heterocycles. The highest BCUT2D eigenvalue weighted by Crippen LogP contribution is 2.29. The number of hydrogen-bond donors (Lipinski definition) is 2. The van der Waals surface area contributed by atoms with E-state index < -0.39 is 25.1 Å². The predicted octanol–water partition coefficient (Wildman–Crippen LogP) is 3.90. The Morgan fingerprint density at radius 3 is 2.68 bits per heavy atom. The van der Waals surface area contributed by atoms with E-state index in [2.05, 4.69) is 30.4 Å². The number of methoxy groups -OCH3 is 1. The third kappa shape index (κ3) is 5.94. The van der Waals surface area contributed by atoms with Crippen molar-refractivity contribution < 1.29 is 33.6 Å². The molecule has 3 aromatic heterocycles. The standard InChI is InChI=1S/C24H21F3N6O4/c1-13-16(18-8-9-21-31-20(30-14(2)34)12-33(21)32-18)10-17(23(29-13)36-3)22(35)28-11-15-6-4-5-7-19(15)37-24(25,26)27/h4-10,12H,11H2,1-3H3,(H,28,35)(H,30,34)/i3D. The van der Waals surface area contributed by atoms with Gasteiger partial charge >= 0.3 is 6.36 Å². The fourth-order valence-electron chi connectivity index (χ4n) is 3.53. The van der Waals surface area contributed by atoms with Gasteiger partial charge in [-0.05, 0) is 31.2 Å². The maximum Gasteiger partial charge on any atom is 0.573 e. The molecule has 192 valence electrons. The summed E-state index contributed by atoms with van der Waals surface area (Å²) in [6, 6.07) is 10.2. The Morgan fingerprint density at radius 1 is 1.16 bits per heavy atom. The van der Waals surface area contributed by atoms with E-state index in [9.17, 15) is 22.8 Å². The first-order valence-electron chi connectivity index (χ1n) is 11.4. The van der Waals surface area contributed by atoms with Crippen LogP contribution in [0.3, 0.4) is 0 Å². The fourth-order valence-corrected chi connectivity index (χ4v) is 3.53. The summed E-state index contributed by atoms with van der Waals surface area (Å²) in [5.41, 5.74) is 1.86. The van der Waals surface area contributed by atoms with Gasteiger partial charge in [-0.1, -0.05) is 18.2 Å². The Bertz CT molecular complexity index is 1510. The second-order valence-corrected chi connectivity index (χ2v) is 7.79. The molecular formula is C24H21F3N6O4. The molecule has 13 heteroatoms. The zero-order valence-electron chi connectivity index (χ0n) is 20.6. The Labute approximate surface area is 209 Å². The maximum atomic E-state index is 13.1. The van der Waals surface area contributed by atoms with Gasteiger partial charge in [0.2, 0.25) is 11.8 Å². The summed E-state index contributed by atoms with van der Waals surface area (Å²) in [7, 11) is -0.514. The number of amides is 2. The number of carbonyl (C=O) groups excluding carboxylic acids is 2. The summed E-state index contributed by atoms with van der Waals surface area (Å²) in [6.45, 7) is 2.74. The number of imidazole rings is 1. The van der Waals surface area contributed by atoms with E-state index >= 15 is 0 Å². The summed E-state index contributed by atoms with van der Waals surface area (Å²) in [4.78, 5) is 33.0. The van der Waals surface area contributed by atoms with E-state index in [1.807, 2.05) is 0 Å². The van der Waals surface area contributed by atoms with Gasteiger partial charge in [0.1, 0.15) is 11.3 Å². The van der Waals surface area contributed by atoms with Crippen molar-refractivity contribution in [3.63, 3.8) is 0 Å². The largest absolute Gasteiger partial charge is 0.573 e. The number of hydrogen-bond acceptors (Lipinski definition) is 7. The predicted molar refractivity (Wildman–Crippen MR) is 126 cm³/mol. The van der Waals surface area contributed by atoms with Crippen LogP contribution in [-0.2, 0) is 11.3 Å². The summed E-state index contributed by atoms with van der Waals surface area (Å²) >= 11 is 0. The van der Waals surface area contributed by atoms with Gasteiger partial charge < -0.3 is 20.1 Å². The number of benzene rings is 1. The molecule has 0 aliphatic carbocycles. The number of aromatic nitrogens is 4. The van der Waals surface area contributed by atoms with Crippen molar-refractivity contribution in [1.82, 2.24) is 24.9 Å². The second-order valence-electron chi connectivity index (χ2n) is 7.79. The number of nitrogens with zero attached hydrogens (tertiary/aromatic N) is 4. The van der Waals surface area contributed by atoms with Crippen molar-refractivity contribution in [3.05, 3.63) is 65.5 Å². The summed E-state index contributed by atoms with van der Waals surface area (Å²) in [6.07, 6.45) is -3.37. The minimum absolute atomic E-state index is 0.0430. The van der Waals surface area contributed by atoms with Crippen molar-refractivity contribution in [1.29, 1.82) is 0 Å². The average molecular weight is 515 g/mol. The molecule has 0 spiro atoms. The van der Waals surface area contributed by atoms with Crippen LogP contribution in [0.25, 0.3) is 16.9 Å². The van der Waals surface area contributed by atoms with Crippen LogP contribution in [0.2, 0.25) is 0 Å². The van der Waals surface area contributed by atoms with E-state index in [0.29, 0.717) is 28.4 Å². The Kier molecular flexibility index (Phi) is 6.58. The Hall–Kier alpha value is -4.68. The number of anilines is 1. The first-order valence-corrected chi connectivity index (χ1v) is 10.7. The molecule has 0 unspecified atom stereocenters. The maximum absolute atomic E-state index is 13.1. The van der Waals surface area contributed by atoms with Gasteiger partial charge in [-0.15, -0.1) is 13.2 Å². The Balaban J connectivity index is 1.64. The quantitative estimate of drug-likeness (QED) is 0.383. The zero-order chi connectivity index (χ0) is 27.4. The van der Waals surface area contributed by atoms with Crippen LogP contribution in [0.15, 0.2) is 48.7 Å². The zero-order valence-corrected chi connectivity index (χ0v) is 19.6. The molecule has 0 saturated heterocycles. The van der Waals surface area contributed by atoms with E-state index in [0.717, 1.165) is 6.07 Å². The molecule has 2 N–H and O–H groups in total. The third-order valence-electron chi connectivity index (χ3n) is 5.10. The van der Waals surface area contributed by atoms with Gasteiger partial charge in [0, 0.05) is 24.6 Å². The molecule has 0 aliphatic rings. The van der Waals surface area contributed by atoms with Crippen molar-refractivity contribution in [3.8, 4) is 22.9 Å². The van der Waals surface area contributed by atoms with Crippen LogP contribution < -0.4 is 20.1 Å². The van der Waals surface area contributed by atoms with Crippen molar-refractivity contribution in [2.24, 2.45) is 0 Å². The lowest BCUT2D eigenvalue weighted by atomic mass is 10.1. The number of rotatable bonds is 7. The van der Waals surface area contributed by atoms with Crippen molar-refractivity contribution in [2.75, 3.05) is 12.4 Å². The lowest BCUT2D eigenvalue weighted by Crippen LogP contribution is -2.25. The van der Waals surface area contributed by atoms with Crippen LogP contribution >= 0.6 is 0 Å². The lowest BCUT2D eigenvalue weighted by molar-refractivity contribution is -0.274. The SMILES string of the molecule is [2H]COc1nc(C)c(-c2ccc3nc(NC(C)=O)cn3n2)cc1C(=O)NCc1ccccc1OC(F)(F)F. The first-order chi connectivity index (χ1) is 18.0. The van der Waals surface area contributed by atoms with E-state index in [1.165, 1.54) is 41.9 Å². The van der Waals surface area contributed by atoms with E-state index in [-0.39, 0.29) is 29.5 Å². The highest BCUT2D eigenvalue weighted by molar-refractivity contribution is 5.97. The molecule has 0 bridgehead atoms. The van der Waals surface area contributed by atoms with Crippen LogP contribution in [-0.4, -0.2) is 44.8 Å². The molecule has 4 rings (SSSR count). The topological polar surface area (TPSA) is 120 Å². The Morgan fingerprint density at radius 2 is 1.95 bits per heavy atom. The number of fused-ring (bicyclic) bond motifs is 1. The van der Waals surface area contributed by atoms with Gasteiger partial charge in [-0.2, -0.15) is 5.10 Å². The molecule has 2 amide bonds. The van der Waals surface area contributed by atoms with Gasteiger partial charge in [-0.25, -0.2) is 14.5 Å². The number of pyridine rings is 1. The molecule has 3 heterocycles. The molecular weight excluding hydrogens is 493 g/mol. The van der Waals surface area contributed by atoms with Gasteiger partial charge in [0.15, 0.2) is 11.5 Å². The minimum Gasteiger partial charge on any atom is -0.480 e. The highest BCUT2D eigenvalue weighted by Gasteiger charge is 2.32. The average Bonchev–Trinajstić information content (AvgIpc) is 3.23. The number of aryl methyl sites for hydroxylation is 1. The number of alkyl halides is 3. The van der Waals surface area contributed by atoms with E-state index in [4.69, 9.17) is 6.11 Å². The number of carbonyl (C=O) groups is 2. The van der Waals surface area contributed by atoms with Crippen molar-refractivity contribution in [2.45, 2.75) is 26.8 Å². The van der Waals surface area contributed by atoms with Gasteiger partial charge in [-0.3, -0.25) is 9.59 Å². The third-order valence-corrected chi connectivity index (χ3v) is 5.10. The van der Waals surface area contributed by atoms with E-state index in [1.54, 1.807) is 19.1 Å². The monoisotopic (exact) mass is 515 g/mol. The number of nitrogens with one attached hydrogen (secondary N) is 2. The summed E-state index contributed by atoms with van der Waals surface area (Å²) in [5.74, 6) is -1.23. The summed E-state index contributed by atoms with van der Waals surface area (Å²) in [5, 5.41) is 9.60. The molecule has 0 radical (unpaired) electrons. The lowest BCUT2D eigenvalue weighted by Gasteiger charge is -2.15. The van der Waals surface area contributed by atoms with Gasteiger partial charge in [0.25, 0.3) is 5.91 Å². The normalized spacial score (nSPS) is 11.6. The van der Waals surface area contributed by atoms with Crippen LogP contribution in [0.4, 0.5) is 19.0 Å². The van der Waals surface area contributed by atoms with Gasteiger partial charge in [0.05, 0.1) is 26.0 Å². The molecule has 0 saturated carbocycles. The number of ether oxygens (including phenoxy) is 2. The number of halogens is 3. The first kappa shape index (κ1) is 24.0. The number of para-hydroxylation sites is 1. The smallest absolute Gasteiger partial charge is 0.480 e. The molecule has 10 nitrogen and oxygen atoms in total. The second kappa shape index (κ2) is 10.1. The van der Waals surface area contributed by atoms with Crippen LogP contribution in [0.1, 0.15) is 29.9 Å². The highest BCUT2D eigenvalue weighted by atomic mass is 19.4. The molecule has 0 fully saturated rings. The molecule has 37 heavy (non-hydrogen) atoms. The fraction of sp³-hybridized carbons (Fsp3) is 0.208. The molecule has 0 atom stereocenters. The van der Waals surface area contributed by atoms with Crippen LogP contribution in [0.5, 0.6) is 11.6 Å². The van der Waals surface area contributed by atoms with Crippen molar-refractivity contribution >= 4 is 23.3 Å². The molecule has 1 aromatic carbocycles. The summed E-state index contributed by atoms with van der Waals surface area (Å²) < 4.78 is 56.3. The minimum atomic E-state index is -4.89.